The highest BCUT2D eigenvalue weighted by atomic mass is 19.2. The molecule has 2 rings (SSSR count). The number of non-ortho nitro benzene ring substituents is 1. The van der Waals surface area contributed by atoms with Crippen LogP contribution in [0.1, 0.15) is 5.56 Å². The normalized spacial score (nSPS) is 10.2. The maximum atomic E-state index is 13.5. The number of methoxy groups -OCH3 is 1. The molecular formula is C14H11F2NO4. The zero-order valence-electron chi connectivity index (χ0n) is 11.0. The van der Waals surface area contributed by atoms with Gasteiger partial charge in [0.05, 0.1) is 18.1 Å². The van der Waals surface area contributed by atoms with Gasteiger partial charge >= 0.3 is 0 Å². The SMILES string of the molecule is COc1ccc([N+](=O)[O-])cc1OCc1cccc(F)c1F. The highest BCUT2D eigenvalue weighted by Gasteiger charge is 2.14. The minimum atomic E-state index is -1.01. The Morgan fingerprint density at radius 3 is 2.62 bits per heavy atom. The molecule has 0 saturated carbocycles. The van der Waals surface area contributed by atoms with Gasteiger partial charge in [-0.2, -0.15) is 0 Å². The standard InChI is InChI=1S/C14H11F2NO4/c1-20-12-6-5-10(17(18)19)7-13(12)21-8-9-3-2-4-11(15)14(9)16/h2-7H,8H2,1H3. The number of hydrogen-bond acceptors (Lipinski definition) is 4. The van der Waals surface area contributed by atoms with Crippen LogP contribution < -0.4 is 9.47 Å². The lowest BCUT2D eigenvalue weighted by Gasteiger charge is -2.11. The first kappa shape index (κ1) is 14.7. The molecule has 0 radical (unpaired) electrons. The summed E-state index contributed by atoms with van der Waals surface area (Å²) in [4.78, 5) is 10.1. The lowest BCUT2D eigenvalue weighted by molar-refractivity contribution is -0.385. The van der Waals surface area contributed by atoms with E-state index in [-0.39, 0.29) is 29.4 Å². The third-order valence-corrected chi connectivity index (χ3v) is 2.77. The van der Waals surface area contributed by atoms with Crippen LogP contribution in [0.15, 0.2) is 36.4 Å². The first-order chi connectivity index (χ1) is 10.0. The van der Waals surface area contributed by atoms with Gasteiger partial charge in [0.25, 0.3) is 5.69 Å². The molecule has 0 amide bonds. The van der Waals surface area contributed by atoms with Gasteiger partial charge in [-0.25, -0.2) is 8.78 Å². The zero-order chi connectivity index (χ0) is 15.4. The van der Waals surface area contributed by atoms with Gasteiger partial charge in [-0.05, 0) is 12.1 Å². The first-order valence-corrected chi connectivity index (χ1v) is 5.91. The second kappa shape index (κ2) is 6.17. The van der Waals surface area contributed by atoms with Crippen molar-refractivity contribution in [3.63, 3.8) is 0 Å². The smallest absolute Gasteiger partial charge is 0.273 e. The van der Waals surface area contributed by atoms with Crippen LogP contribution >= 0.6 is 0 Å². The van der Waals surface area contributed by atoms with Crippen molar-refractivity contribution in [2.45, 2.75) is 6.61 Å². The summed E-state index contributed by atoms with van der Waals surface area (Å²) in [6.07, 6.45) is 0. The van der Waals surface area contributed by atoms with Crippen LogP contribution in [-0.2, 0) is 6.61 Å². The second-order valence-corrected chi connectivity index (χ2v) is 4.09. The summed E-state index contributed by atoms with van der Waals surface area (Å²) < 4.78 is 36.9. The average Bonchev–Trinajstić information content (AvgIpc) is 2.48. The average molecular weight is 295 g/mol. The summed E-state index contributed by atoms with van der Waals surface area (Å²) in [6, 6.07) is 7.50. The molecule has 0 heterocycles. The van der Waals surface area contributed by atoms with Crippen LogP contribution in [0.2, 0.25) is 0 Å². The van der Waals surface area contributed by atoms with Crippen molar-refractivity contribution in [1.82, 2.24) is 0 Å². The lowest BCUT2D eigenvalue weighted by Crippen LogP contribution is -2.02. The van der Waals surface area contributed by atoms with E-state index in [2.05, 4.69) is 0 Å². The van der Waals surface area contributed by atoms with Gasteiger partial charge in [0.1, 0.15) is 6.61 Å². The number of nitro groups is 1. The third-order valence-electron chi connectivity index (χ3n) is 2.77. The number of rotatable bonds is 5. The molecule has 0 aliphatic carbocycles. The molecule has 0 saturated heterocycles. The molecule has 0 aliphatic heterocycles. The van der Waals surface area contributed by atoms with Crippen LogP contribution in [0, 0.1) is 21.7 Å². The molecule has 2 aromatic carbocycles. The first-order valence-electron chi connectivity index (χ1n) is 5.91. The molecule has 0 spiro atoms. The maximum Gasteiger partial charge on any atom is 0.273 e. The molecule has 0 fully saturated rings. The van der Waals surface area contributed by atoms with Crippen LogP contribution in [0.5, 0.6) is 11.5 Å². The van der Waals surface area contributed by atoms with Gasteiger partial charge in [-0.3, -0.25) is 10.1 Å². The van der Waals surface area contributed by atoms with Gasteiger partial charge < -0.3 is 9.47 Å². The summed E-state index contributed by atoms with van der Waals surface area (Å²) in [5.74, 6) is -1.66. The predicted molar refractivity (Wildman–Crippen MR) is 70.3 cm³/mol. The molecule has 0 bridgehead atoms. The minimum absolute atomic E-state index is 0.00330. The molecule has 2 aromatic rings. The van der Waals surface area contributed by atoms with Gasteiger partial charge in [-0.15, -0.1) is 0 Å². The number of halogens is 2. The van der Waals surface area contributed by atoms with Crippen molar-refractivity contribution in [2.24, 2.45) is 0 Å². The second-order valence-electron chi connectivity index (χ2n) is 4.09. The quantitative estimate of drug-likeness (QED) is 0.626. The highest BCUT2D eigenvalue weighted by Crippen LogP contribution is 2.31. The Kier molecular flexibility index (Phi) is 4.32. The van der Waals surface area contributed by atoms with Crippen LogP contribution in [0.25, 0.3) is 0 Å². The van der Waals surface area contributed by atoms with Crippen molar-refractivity contribution in [3.05, 3.63) is 63.7 Å². The van der Waals surface area contributed by atoms with E-state index < -0.39 is 16.6 Å². The van der Waals surface area contributed by atoms with Crippen molar-refractivity contribution in [2.75, 3.05) is 7.11 Å². The van der Waals surface area contributed by atoms with Gasteiger partial charge in [-0.1, -0.05) is 12.1 Å². The molecule has 0 N–H and O–H groups in total. The third kappa shape index (κ3) is 3.25. The Labute approximate surface area is 118 Å². The minimum Gasteiger partial charge on any atom is -0.493 e. The van der Waals surface area contributed by atoms with E-state index in [1.54, 1.807) is 0 Å². The van der Waals surface area contributed by atoms with E-state index in [1.165, 1.54) is 31.4 Å². The molecule has 0 atom stereocenters. The number of hydrogen-bond donors (Lipinski definition) is 0. The van der Waals surface area contributed by atoms with Crippen LogP contribution in [-0.4, -0.2) is 12.0 Å². The molecule has 0 aliphatic rings. The van der Waals surface area contributed by atoms with E-state index >= 15 is 0 Å². The largest absolute Gasteiger partial charge is 0.493 e. The molecular weight excluding hydrogens is 284 g/mol. The summed E-state index contributed by atoms with van der Waals surface area (Å²) in [7, 11) is 1.37. The molecule has 110 valence electrons. The highest BCUT2D eigenvalue weighted by molar-refractivity contribution is 5.48. The van der Waals surface area contributed by atoms with E-state index in [4.69, 9.17) is 9.47 Å². The summed E-state index contributed by atoms with van der Waals surface area (Å²) >= 11 is 0. The van der Waals surface area contributed by atoms with E-state index in [0.717, 1.165) is 12.1 Å². The fourth-order valence-corrected chi connectivity index (χ4v) is 1.71. The van der Waals surface area contributed by atoms with E-state index in [0.29, 0.717) is 0 Å². The Bertz CT molecular complexity index is 676. The Balaban J connectivity index is 2.24. The Hall–Kier alpha value is -2.70. The van der Waals surface area contributed by atoms with Crippen LogP contribution in [0.4, 0.5) is 14.5 Å². The van der Waals surface area contributed by atoms with E-state index in [1.807, 2.05) is 0 Å². The van der Waals surface area contributed by atoms with Crippen molar-refractivity contribution < 1.29 is 23.2 Å². The Morgan fingerprint density at radius 2 is 1.95 bits per heavy atom. The van der Waals surface area contributed by atoms with Gasteiger partial charge in [0, 0.05) is 11.6 Å². The molecule has 0 unspecified atom stereocenters. The van der Waals surface area contributed by atoms with Gasteiger partial charge in [0.2, 0.25) is 0 Å². The monoisotopic (exact) mass is 295 g/mol. The molecule has 21 heavy (non-hydrogen) atoms. The van der Waals surface area contributed by atoms with Crippen molar-refractivity contribution in [1.29, 1.82) is 0 Å². The number of benzene rings is 2. The maximum absolute atomic E-state index is 13.5. The van der Waals surface area contributed by atoms with Gasteiger partial charge in [0.15, 0.2) is 23.1 Å². The fraction of sp³-hybridized carbons (Fsp3) is 0.143. The lowest BCUT2D eigenvalue weighted by atomic mass is 10.2. The summed E-state index contributed by atoms with van der Waals surface area (Å²) in [6.45, 7) is -0.277. The predicted octanol–water partition coefficient (Wildman–Crippen LogP) is 3.46. The molecule has 5 nitrogen and oxygen atoms in total. The number of nitrogens with zero attached hydrogens (tertiary/aromatic N) is 1. The number of nitro benzene ring substituents is 1. The topological polar surface area (TPSA) is 61.6 Å². The Morgan fingerprint density at radius 1 is 1.19 bits per heavy atom. The van der Waals surface area contributed by atoms with E-state index in [9.17, 15) is 18.9 Å². The fourth-order valence-electron chi connectivity index (χ4n) is 1.71. The van der Waals surface area contributed by atoms with Crippen molar-refractivity contribution >= 4 is 5.69 Å². The summed E-state index contributed by atoms with van der Waals surface area (Å²) in [5, 5.41) is 10.7. The van der Waals surface area contributed by atoms with Crippen LogP contribution in [0.3, 0.4) is 0 Å². The number of ether oxygens (including phenoxy) is 2. The molecule has 0 aromatic heterocycles. The summed E-state index contributed by atoms with van der Waals surface area (Å²) in [5.41, 5.74) is -0.186. The zero-order valence-corrected chi connectivity index (χ0v) is 11.0. The molecule has 7 heteroatoms. The van der Waals surface area contributed by atoms with Crippen molar-refractivity contribution in [3.8, 4) is 11.5 Å².